The fourth-order valence-corrected chi connectivity index (χ4v) is 7.14. The summed E-state index contributed by atoms with van der Waals surface area (Å²) in [5.41, 5.74) is -2.92. The number of fused-ring (bicyclic) bond motifs is 1. The summed E-state index contributed by atoms with van der Waals surface area (Å²) in [6.07, 6.45) is -2.74. The standard InChI is InChI=1S/C26H22F3N3O5S2/c1-25(33,26(27,28)29)16-11-12-30-20(14-16)18-7-4-5-15-13-22(38-24(15)18)23(31-39(36,37)17-9-10-17)19-6-2-3-8-21(19)32(34)35/h2-8,11-14,17,23,31,33H,9-10H2,1H3/t23-,25+/m0/s1. The van der Waals surface area contributed by atoms with E-state index in [2.05, 4.69) is 9.71 Å². The molecule has 1 aliphatic rings. The van der Waals surface area contributed by atoms with Gasteiger partial charge < -0.3 is 5.11 Å². The van der Waals surface area contributed by atoms with Gasteiger partial charge in [0.15, 0.2) is 5.60 Å². The maximum Gasteiger partial charge on any atom is 0.421 e. The van der Waals surface area contributed by atoms with E-state index < -0.39 is 38.0 Å². The van der Waals surface area contributed by atoms with Crippen LogP contribution in [-0.2, 0) is 15.6 Å². The molecule has 0 radical (unpaired) electrons. The summed E-state index contributed by atoms with van der Waals surface area (Å²) in [5, 5.41) is 22.0. The molecule has 0 amide bonds. The number of rotatable bonds is 8. The number of benzene rings is 2. The first-order chi connectivity index (χ1) is 18.3. The minimum absolute atomic E-state index is 0.168. The zero-order chi connectivity index (χ0) is 28.2. The third kappa shape index (κ3) is 5.14. The Bertz CT molecular complexity index is 1680. The van der Waals surface area contributed by atoms with E-state index in [0.29, 0.717) is 40.3 Å². The van der Waals surface area contributed by atoms with Crippen molar-refractivity contribution in [3.63, 3.8) is 0 Å². The number of alkyl halides is 3. The average Bonchev–Trinajstić information content (AvgIpc) is 3.66. The SMILES string of the molecule is C[C@@](O)(c1ccnc(-c2cccc3cc([C@@H](NS(=O)(=O)C4CC4)c4ccccc4[N+](=O)[O-])sc23)c1)C(F)(F)F. The zero-order valence-corrected chi connectivity index (χ0v) is 22.0. The van der Waals surface area contributed by atoms with Crippen LogP contribution in [0.2, 0.25) is 0 Å². The van der Waals surface area contributed by atoms with Crippen LogP contribution in [0.5, 0.6) is 0 Å². The van der Waals surface area contributed by atoms with E-state index in [1.165, 1.54) is 24.4 Å². The molecule has 1 fully saturated rings. The fraction of sp³-hybridized carbons (Fsp3) is 0.269. The van der Waals surface area contributed by atoms with E-state index in [1.54, 1.807) is 30.3 Å². The van der Waals surface area contributed by atoms with Crippen LogP contribution < -0.4 is 4.72 Å². The van der Waals surface area contributed by atoms with Crippen molar-refractivity contribution in [1.82, 2.24) is 9.71 Å². The molecule has 1 saturated carbocycles. The summed E-state index contributed by atoms with van der Waals surface area (Å²) >= 11 is 1.16. The molecule has 2 heterocycles. The highest BCUT2D eigenvalue weighted by Gasteiger charge is 2.51. The number of nitrogens with zero attached hydrogens (tertiary/aromatic N) is 2. The minimum Gasteiger partial charge on any atom is -0.376 e. The monoisotopic (exact) mass is 577 g/mol. The third-order valence-corrected chi connectivity index (χ3v) is 9.85. The van der Waals surface area contributed by atoms with E-state index in [0.717, 1.165) is 23.5 Å². The number of nitro benzene ring substituents is 1. The highest BCUT2D eigenvalue weighted by atomic mass is 32.2. The summed E-state index contributed by atoms with van der Waals surface area (Å²) in [6.45, 7) is 0.666. The van der Waals surface area contributed by atoms with Crippen molar-refractivity contribution in [3.05, 3.63) is 93.0 Å². The molecule has 5 rings (SSSR count). The van der Waals surface area contributed by atoms with Gasteiger partial charge in [0.1, 0.15) is 0 Å². The number of aromatic nitrogens is 1. The first-order valence-electron chi connectivity index (χ1n) is 11.8. The van der Waals surface area contributed by atoms with Crippen molar-refractivity contribution in [1.29, 1.82) is 0 Å². The summed E-state index contributed by atoms with van der Waals surface area (Å²) in [6, 6.07) is 13.9. The average molecular weight is 578 g/mol. The van der Waals surface area contributed by atoms with Gasteiger partial charge in [-0.2, -0.15) is 13.2 Å². The number of aliphatic hydroxyl groups is 1. The third-order valence-electron chi connectivity index (χ3n) is 6.69. The van der Waals surface area contributed by atoms with Crippen LogP contribution in [0.15, 0.2) is 66.9 Å². The Morgan fingerprint density at radius 1 is 1.13 bits per heavy atom. The van der Waals surface area contributed by atoms with Crippen LogP contribution in [0.3, 0.4) is 0 Å². The number of nitro groups is 1. The molecule has 0 aliphatic heterocycles. The highest BCUT2D eigenvalue weighted by molar-refractivity contribution is 7.90. The molecule has 0 unspecified atom stereocenters. The predicted octanol–water partition coefficient (Wildman–Crippen LogP) is 5.81. The molecule has 1 aliphatic carbocycles. The lowest BCUT2D eigenvalue weighted by Gasteiger charge is -2.26. The van der Waals surface area contributed by atoms with Crippen molar-refractivity contribution in [2.75, 3.05) is 0 Å². The molecule has 2 aromatic heterocycles. The molecule has 2 atom stereocenters. The van der Waals surface area contributed by atoms with Crippen molar-refractivity contribution in [2.24, 2.45) is 0 Å². The van der Waals surface area contributed by atoms with Gasteiger partial charge in [-0.1, -0.05) is 36.4 Å². The number of sulfonamides is 1. The normalized spacial score (nSPS) is 16.6. The number of thiophene rings is 1. The Morgan fingerprint density at radius 2 is 1.85 bits per heavy atom. The maximum absolute atomic E-state index is 13.5. The number of nitrogens with one attached hydrogen (secondary N) is 1. The second-order valence-electron chi connectivity index (χ2n) is 9.48. The summed E-state index contributed by atoms with van der Waals surface area (Å²) in [5.74, 6) is 0. The Labute approximate surface area is 225 Å². The van der Waals surface area contributed by atoms with E-state index in [1.807, 2.05) is 0 Å². The first-order valence-corrected chi connectivity index (χ1v) is 14.2. The van der Waals surface area contributed by atoms with Crippen LogP contribution in [-0.4, -0.2) is 34.9 Å². The molecule has 13 heteroatoms. The van der Waals surface area contributed by atoms with Crippen LogP contribution in [0.1, 0.15) is 41.8 Å². The van der Waals surface area contributed by atoms with Crippen LogP contribution >= 0.6 is 11.3 Å². The first kappa shape index (κ1) is 27.2. The Morgan fingerprint density at radius 3 is 2.51 bits per heavy atom. The number of hydrogen-bond acceptors (Lipinski definition) is 7. The predicted molar refractivity (Wildman–Crippen MR) is 141 cm³/mol. The smallest absolute Gasteiger partial charge is 0.376 e. The quantitative estimate of drug-likeness (QED) is 0.201. The molecule has 204 valence electrons. The van der Waals surface area contributed by atoms with Crippen LogP contribution in [0, 0.1) is 10.1 Å². The number of halogens is 3. The summed E-state index contributed by atoms with van der Waals surface area (Å²) < 4.78 is 69.6. The van der Waals surface area contributed by atoms with Gasteiger partial charge >= 0.3 is 6.18 Å². The van der Waals surface area contributed by atoms with Gasteiger partial charge in [-0.15, -0.1) is 11.3 Å². The minimum atomic E-state index is -4.91. The summed E-state index contributed by atoms with van der Waals surface area (Å²) in [7, 11) is -3.77. The van der Waals surface area contributed by atoms with E-state index in [4.69, 9.17) is 0 Å². The van der Waals surface area contributed by atoms with Gasteiger partial charge in [0.05, 0.1) is 27.5 Å². The lowest BCUT2D eigenvalue weighted by Crippen LogP contribution is -2.39. The van der Waals surface area contributed by atoms with Gasteiger partial charge in [0.2, 0.25) is 10.0 Å². The number of para-hydroxylation sites is 1. The van der Waals surface area contributed by atoms with Crippen molar-refractivity contribution < 1.29 is 31.6 Å². The molecular weight excluding hydrogens is 555 g/mol. The molecule has 39 heavy (non-hydrogen) atoms. The highest BCUT2D eigenvalue weighted by Crippen LogP contribution is 2.43. The maximum atomic E-state index is 13.5. The fourth-order valence-electron chi connectivity index (χ4n) is 4.28. The Kier molecular flexibility index (Phi) is 6.74. The van der Waals surface area contributed by atoms with E-state index in [9.17, 15) is 36.8 Å². The molecule has 8 nitrogen and oxygen atoms in total. The molecule has 4 aromatic rings. The molecule has 0 spiro atoms. The van der Waals surface area contributed by atoms with Gasteiger partial charge in [-0.25, -0.2) is 13.1 Å². The molecule has 0 bridgehead atoms. The molecule has 2 aromatic carbocycles. The Balaban J connectivity index is 1.65. The Hall–Kier alpha value is -3.39. The largest absolute Gasteiger partial charge is 0.421 e. The van der Waals surface area contributed by atoms with Crippen molar-refractivity contribution in [2.45, 2.75) is 42.8 Å². The van der Waals surface area contributed by atoms with Crippen LogP contribution in [0.4, 0.5) is 18.9 Å². The van der Waals surface area contributed by atoms with E-state index >= 15 is 0 Å². The number of hydrogen-bond donors (Lipinski definition) is 2. The van der Waals surface area contributed by atoms with Crippen molar-refractivity contribution >= 4 is 37.1 Å². The van der Waals surface area contributed by atoms with Gasteiger partial charge in [-0.3, -0.25) is 15.1 Å². The van der Waals surface area contributed by atoms with Gasteiger partial charge in [0.25, 0.3) is 5.69 Å². The second-order valence-corrected chi connectivity index (χ2v) is 12.6. The second kappa shape index (κ2) is 9.66. The lowest BCUT2D eigenvalue weighted by atomic mass is 9.94. The van der Waals surface area contributed by atoms with E-state index in [-0.39, 0.29) is 22.5 Å². The molecule has 2 N–H and O–H groups in total. The topological polar surface area (TPSA) is 122 Å². The summed E-state index contributed by atoms with van der Waals surface area (Å²) in [4.78, 5) is 15.9. The zero-order valence-electron chi connectivity index (χ0n) is 20.3. The van der Waals surface area contributed by atoms with Crippen molar-refractivity contribution in [3.8, 4) is 11.3 Å². The lowest BCUT2D eigenvalue weighted by molar-refractivity contribution is -0.385. The van der Waals surface area contributed by atoms with Gasteiger partial charge in [0, 0.05) is 27.4 Å². The molecular formula is C26H22F3N3O5S2. The molecule has 0 saturated heterocycles. The van der Waals surface area contributed by atoms with Crippen LogP contribution in [0.25, 0.3) is 21.3 Å². The van der Waals surface area contributed by atoms with Gasteiger partial charge in [-0.05, 0) is 48.9 Å². The number of pyridine rings is 1.